The quantitative estimate of drug-likeness (QED) is 0.360. The van der Waals surface area contributed by atoms with Crippen molar-refractivity contribution in [3.8, 4) is 0 Å². The molecule has 0 aromatic carbocycles. The van der Waals surface area contributed by atoms with Crippen LogP contribution in [0.4, 0.5) is 10.9 Å². The topological polar surface area (TPSA) is 71.0 Å². The second-order valence-electron chi connectivity index (χ2n) is 11.1. The van der Waals surface area contributed by atoms with Crippen LogP contribution in [0.25, 0.3) is 0 Å². The molecule has 1 amide bonds. The van der Waals surface area contributed by atoms with Gasteiger partial charge in [-0.05, 0) is 67.2 Å². The van der Waals surface area contributed by atoms with Gasteiger partial charge in [-0.2, -0.15) is 0 Å². The second kappa shape index (κ2) is 10.7. The minimum atomic E-state index is -0.0880. The van der Waals surface area contributed by atoms with Crippen molar-refractivity contribution in [3.05, 3.63) is 58.1 Å². The third-order valence-electron chi connectivity index (χ3n) is 7.54. The van der Waals surface area contributed by atoms with E-state index in [2.05, 4.69) is 31.0 Å². The highest BCUT2D eigenvalue weighted by Crippen LogP contribution is 2.45. The van der Waals surface area contributed by atoms with Crippen molar-refractivity contribution in [2.75, 3.05) is 18.0 Å². The van der Waals surface area contributed by atoms with E-state index in [1.54, 1.807) is 23.8 Å². The Labute approximate surface area is 217 Å². The number of fused-ring (bicyclic) bond motifs is 1. The molecule has 0 radical (unpaired) electrons. The van der Waals surface area contributed by atoms with E-state index < -0.39 is 0 Å². The molecule has 0 saturated carbocycles. The van der Waals surface area contributed by atoms with E-state index in [0.717, 1.165) is 60.3 Å². The minimum absolute atomic E-state index is 0.0880. The van der Waals surface area contributed by atoms with E-state index in [0.29, 0.717) is 18.0 Å². The van der Waals surface area contributed by atoms with Crippen molar-refractivity contribution in [2.24, 2.45) is 16.3 Å². The van der Waals surface area contributed by atoms with Crippen LogP contribution >= 0.6 is 11.3 Å². The van der Waals surface area contributed by atoms with Crippen LogP contribution in [0.15, 0.2) is 44.4 Å². The van der Waals surface area contributed by atoms with Crippen molar-refractivity contribution in [1.29, 1.82) is 0 Å². The molecule has 5 rings (SSSR count). The molecule has 3 aromatic heterocycles. The Hall–Kier alpha value is -2.80. The number of carbonyl (C=O) groups is 1. The smallest absolute Gasteiger partial charge is 0.255 e. The zero-order valence-electron chi connectivity index (χ0n) is 21.6. The maximum absolute atomic E-state index is 13.4. The molecule has 7 heteroatoms. The van der Waals surface area contributed by atoms with Crippen LogP contribution < -0.4 is 10.2 Å². The van der Waals surface area contributed by atoms with E-state index in [1.807, 2.05) is 24.3 Å². The van der Waals surface area contributed by atoms with E-state index in [9.17, 15) is 4.79 Å². The lowest BCUT2D eigenvalue weighted by molar-refractivity contribution is 0.0947. The van der Waals surface area contributed by atoms with Crippen LogP contribution in [-0.2, 0) is 19.4 Å². The van der Waals surface area contributed by atoms with Gasteiger partial charge >= 0.3 is 0 Å². The summed E-state index contributed by atoms with van der Waals surface area (Å²) >= 11 is 1.66. The highest BCUT2D eigenvalue weighted by molar-refractivity contribution is 7.16. The fraction of sp³-hybridized carbons (Fsp3) is 0.517. The minimum Gasteiger partial charge on any atom is -0.467 e. The van der Waals surface area contributed by atoms with Crippen molar-refractivity contribution in [2.45, 2.75) is 72.3 Å². The van der Waals surface area contributed by atoms with Crippen LogP contribution in [0.1, 0.15) is 85.2 Å². The van der Waals surface area contributed by atoms with Crippen LogP contribution in [-0.4, -0.2) is 25.2 Å². The predicted molar refractivity (Wildman–Crippen MR) is 146 cm³/mol. The monoisotopic (exact) mass is 507 g/mol. The molecule has 1 N–H and O–H groups in total. The highest BCUT2D eigenvalue weighted by Gasteiger charge is 2.33. The lowest BCUT2D eigenvalue weighted by Crippen LogP contribution is -2.28. The van der Waals surface area contributed by atoms with Crippen LogP contribution in [0, 0.1) is 11.3 Å². The largest absolute Gasteiger partial charge is 0.467 e. The maximum Gasteiger partial charge on any atom is 0.255 e. The number of anilines is 1. The van der Waals surface area contributed by atoms with Crippen LogP contribution in [0.2, 0.25) is 0 Å². The van der Waals surface area contributed by atoms with E-state index in [4.69, 9.17) is 13.8 Å². The Bertz CT molecular complexity index is 1190. The fourth-order valence-electron chi connectivity index (χ4n) is 5.30. The summed E-state index contributed by atoms with van der Waals surface area (Å²) in [5, 5.41) is 3.80. The SMILES string of the molecule is CC(C)(C)[C@@H]1CCc2c(sc(N=Cc3ccc(N4CCCCCC4)o3)c2C(=O)NCc2ccco2)C1. The number of nitrogens with one attached hydrogen (secondary N) is 1. The average Bonchev–Trinajstić information content (AvgIpc) is 3.57. The number of nitrogens with zero attached hydrogens (tertiary/aromatic N) is 2. The van der Waals surface area contributed by atoms with E-state index in [1.165, 1.54) is 30.6 Å². The first-order valence-corrected chi connectivity index (χ1v) is 14.0. The predicted octanol–water partition coefficient (Wildman–Crippen LogP) is 7.15. The van der Waals surface area contributed by atoms with Gasteiger partial charge in [0.15, 0.2) is 5.88 Å². The summed E-state index contributed by atoms with van der Waals surface area (Å²) in [5.74, 6) is 2.88. The molecule has 192 valence electrons. The Kier molecular flexibility index (Phi) is 7.37. The summed E-state index contributed by atoms with van der Waals surface area (Å²) in [6, 6.07) is 7.72. The van der Waals surface area contributed by atoms with Crippen molar-refractivity contribution < 1.29 is 13.6 Å². The molecule has 1 aliphatic carbocycles. The Balaban J connectivity index is 1.39. The van der Waals surface area contributed by atoms with Gasteiger partial charge < -0.3 is 19.1 Å². The number of rotatable bonds is 6. The van der Waals surface area contributed by atoms with Crippen molar-refractivity contribution in [3.63, 3.8) is 0 Å². The Morgan fingerprint density at radius 1 is 1.19 bits per heavy atom. The van der Waals surface area contributed by atoms with Gasteiger partial charge in [0.1, 0.15) is 16.5 Å². The fourth-order valence-corrected chi connectivity index (χ4v) is 6.57. The van der Waals surface area contributed by atoms with Crippen LogP contribution in [0.5, 0.6) is 0 Å². The molecule has 0 unspecified atom stereocenters. The standard InChI is InChI=1S/C29H37N3O3S/c1-29(2,3)20-10-12-23-24(17-20)36-28(26(23)27(33)30-18-21-9-8-16-34-21)31-19-22-11-13-25(35-22)32-14-6-4-5-7-15-32/h8-9,11,13,16,19-20H,4-7,10,12,14-15,17-18H2,1-3H3,(H,30,33)/t20-/m1/s1. The van der Waals surface area contributed by atoms with Crippen molar-refractivity contribution >= 4 is 34.3 Å². The molecule has 6 nitrogen and oxygen atoms in total. The number of aliphatic imine (C=N–C) groups is 1. The zero-order chi connectivity index (χ0) is 25.1. The van der Waals surface area contributed by atoms with Gasteiger partial charge in [0.2, 0.25) is 0 Å². The molecule has 4 heterocycles. The summed E-state index contributed by atoms with van der Waals surface area (Å²) in [5.41, 5.74) is 2.11. The molecule has 2 aliphatic rings. The molecule has 3 aromatic rings. The number of amides is 1. The number of thiophene rings is 1. The van der Waals surface area contributed by atoms with Gasteiger partial charge in [-0.3, -0.25) is 4.79 Å². The second-order valence-corrected chi connectivity index (χ2v) is 12.2. The number of hydrogen-bond acceptors (Lipinski definition) is 6. The average molecular weight is 508 g/mol. The van der Waals surface area contributed by atoms with Gasteiger partial charge in [-0.15, -0.1) is 11.3 Å². The summed E-state index contributed by atoms with van der Waals surface area (Å²) in [6.45, 7) is 9.37. The maximum atomic E-state index is 13.4. The molecule has 0 bridgehead atoms. The van der Waals surface area contributed by atoms with Gasteiger partial charge in [-0.1, -0.05) is 33.6 Å². The summed E-state index contributed by atoms with van der Waals surface area (Å²) in [4.78, 5) is 21.8. The first kappa shape index (κ1) is 24.9. The summed E-state index contributed by atoms with van der Waals surface area (Å²) in [7, 11) is 0. The molecular formula is C29H37N3O3S. The molecule has 1 atom stereocenters. The van der Waals surface area contributed by atoms with E-state index in [-0.39, 0.29) is 11.3 Å². The van der Waals surface area contributed by atoms with Crippen LogP contribution in [0.3, 0.4) is 0 Å². The van der Waals surface area contributed by atoms with Gasteiger partial charge in [0.25, 0.3) is 5.91 Å². The van der Waals surface area contributed by atoms with Gasteiger partial charge in [0, 0.05) is 24.0 Å². The Morgan fingerprint density at radius 3 is 2.72 bits per heavy atom. The first-order valence-electron chi connectivity index (χ1n) is 13.2. The van der Waals surface area contributed by atoms with Gasteiger partial charge in [-0.25, -0.2) is 4.99 Å². The number of carbonyl (C=O) groups excluding carboxylic acids is 1. The highest BCUT2D eigenvalue weighted by atomic mass is 32.1. The zero-order valence-corrected chi connectivity index (χ0v) is 22.5. The summed E-state index contributed by atoms with van der Waals surface area (Å²) < 4.78 is 11.5. The van der Waals surface area contributed by atoms with Gasteiger partial charge in [0.05, 0.1) is 24.6 Å². The number of furan rings is 2. The first-order chi connectivity index (χ1) is 17.4. The molecule has 1 aliphatic heterocycles. The lowest BCUT2D eigenvalue weighted by Gasteiger charge is -2.33. The lowest BCUT2D eigenvalue weighted by atomic mass is 9.72. The number of hydrogen-bond donors (Lipinski definition) is 1. The summed E-state index contributed by atoms with van der Waals surface area (Å²) in [6.07, 6.45) is 11.4. The van der Waals surface area contributed by atoms with E-state index >= 15 is 0 Å². The third kappa shape index (κ3) is 5.61. The molecule has 1 saturated heterocycles. The Morgan fingerprint density at radius 2 is 2.00 bits per heavy atom. The molecular weight excluding hydrogens is 470 g/mol. The molecule has 0 spiro atoms. The third-order valence-corrected chi connectivity index (χ3v) is 8.70. The normalized spacial score (nSPS) is 18.9. The van der Waals surface area contributed by atoms with Crippen molar-refractivity contribution in [1.82, 2.24) is 5.32 Å². The molecule has 36 heavy (non-hydrogen) atoms. The molecule has 1 fully saturated rings.